The Balaban J connectivity index is 1.49. The van der Waals surface area contributed by atoms with Crippen molar-refractivity contribution in [2.24, 2.45) is 0 Å². The highest BCUT2D eigenvalue weighted by Gasteiger charge is 2.19. The lowest BCUT2D eigenvalue weighted by Gasteiger charge is -2.24. The van der Waals surface area contributed by atoms with Crippen molar-refractivity contribution in [3.05, 3.63) is 47.5 Å². The summed E-state index contributed by atoms with van der Waals surface area (Å²) < 4.78 is 10.7. The van der Waals surface area contributed by atoms with Crippen LogP contribution in [0.2, 0.25) is 0 Å². The van der Waals surface area contributed by atoms with E-state index in [4.69, 9.17) is 9.47 Å². The normalized spacial score (nSPS) is 16.0. The van der Waals surface area contributed by atoms with E-state index in [0.29, 0.717) is 18.0 Å². The summed E-state index contributed by atoms with van der Waals surface area (Å²) in [6, 6.07) is 12.1. The van der Waals surface area contributed by atoms with Crippen molar-refractivity contribution >= 4 is 5.69 Å². The van der Waals surface area contributed by atoms with E-state index < -0.39 is 0 Å². The molecule has 0 aromatic heterocycles. The summed E-state index contributed by atoms with van der Waals surface area (Å²) in [5, 5.41) is 10.2. The average molecular weight is 340 g/mol. The van der Waals surface area contributed by atoms with Crippen LogP contribution in [0.4, 0.5) is 5.69 Å². The van der Waals surface area contributed by atoms with Gasteiger partial charge in [0.05, 0.1) is 0 Å². The van der Waals surface area contributed by atoms with Crippen LogP contribution in [0.1, 0.15) is 24.0 Å². The Morgan fingerprint density at radius 1 is 1.00 bits per heavy atom. The molecule has 25 heavy (non-hydrogen) atoms. The Kier molecular flexibility index (Phi) is 4.40. The molecule has 1 N–H and O–H groups in total. The first-order valence-corrected chi connectivity index (χ1v) is 8.83. The zero-order valence-corrected chi connectivity index (χ0v) is 14.6. The number of nitrogens with zero attached hydrogens (tertiary/aromatic N) is 2. The molecular formula is C20H24N2O3. The van der Waals surface area contributed by atoms with E-state index in [9.17, 15) is 5.11 Å². The topological polar surface area (TPSA) is 45.2 Å². The molecule has 0 amide bonds. The first-order valence-electron chi connectivity index (χ1n) is 8.83. The van der Waals surface area contributed by atoms with Gasteiger partial charge in [0.15, 0.2) is 11.5 Å². The monoisotopic (exact) mass is 340 g/mol. The SMILES string of the molecule is CN(Cc1cc2c(cc1O)OCO2)Cc1ccccc1N1CCCC1. The molecule has 5 heteroatoms. The van der Waals surface area contributed by atoms with E-state index in [0.717, 1.165) is 25.2 Å². The van der Waals surface area contributed by atoms with Crippen molar-refractivity contribution in [3.63, 3.8) is 0 Å². The molecule has 1 fully saturated rings. The van der Waals surface area contributed by atoms with Gasteiger partial charge in [-0.05, 0) is 37.6 Å². The van der Waals surface area contributed by atoms with Crippen molar-refractivity contribution in [1.29, 1.82) is 0 Å². The number of fused-ring (bicyclic) bond motifs is 1. The lowest BCUT2D eigenvalue weighted by atomic mass is 10.1. The molecule has 2 aromatic carbocycles. The van der Waals surface area contributed by atoms with Gasteiger partial charge in [-0.1, -0.05) is 18.2 Å². The largest absolute Gasteiger partial charge is 0.507 e. The molecule has 132 valence electrons. The number of phenolic OH excluding ortho intramolecular Hbond substituents is 1. The van der Waals surface area contributed by atoms with Crippen LogP contribution in [0.25, 0.3) is 0 Å². The van der Waals surface area contributed by atoms with Gasteiger partial charge in [-0.25, -0.2) is 0 Å². The first-order chi connectivity index (χ1) is 12.2. The molecule has 0 radical (unpaired) electrons. The predicted octanol–water partition coefficient (Wildman–Crippen LogP) is 3.35. The van der Waals surface area contributed by atoms with Crippen molar-refractivity contribution in [2.75, 3.05) is 31.8 Å². The van der Waals surface area contributed by atoms with Crippen LogP contribution in [-0.2, 0) is 13.1 Å². The van der Waals surface area contributed by atoms with E-state index in [2.05, 4.69) is 41.1 Å². The lowest BCUT2D eigenvalue weighted by molar-refractivity contribution is 0.174. The minimum Gasteiger partial charge on any atom is -0.507 e. The van der Waals surface area contributed by atoms with Crippen LogP contribution in [0, 0.1) is 0 Å². The van der Waals surface area contributed by atoms with E-state index in [-0.39, 0.29) is 12.5 Å². The van der Waals surface area contributed by atoms with Gasteiger partial charge in [-0.15, -0.1) is 0 Å². The van der Waals surface area contributed by atoms with Crippen molar-refractivity contribution < 1.29 is 14.6 Å². The minimum atomic E-state index is 0.220. The van der Waals surface area contributed by atoms with Crippen LogP contribution < -0.4 is 14.4 Å². The zero-order chi connectivity index (χ0) is 17.2. The van der Waals surface area contributed by atoms with E-state index >= 15 is 0 Å². The Morgan fingerprint density at radius 2 is 1.68 bits per heavy atom. The molecule has 4 rings (SSSR count). The van der Waals surface area contributed by atoms with Gasteiger partial charge in [0.25, 0.3) is 0 Å². The number of anilines is 1. The maximum Gasteiger partial charge on any atom is 0.231 e. The first kappa shape index (κ1) is 16.1. The molecule has 5 nitrogen and oxygen atoms in total. The molecule has 0 atom stereocenters. The zero-order valence-electron chi connectivity index (χ0n) is 14.6. The molecule has 2 aromatic rings. The molecule has 0 spiro atoms. The molecule has 2 aliphatic heterocycles. The molecule has 1 saturated heterocycles. The highest BCUT2D eigenvalue weighted by atomic mass is 16.7. The summed E-state index contributed by atoms with van der Waals surface area (Å²) in [6.45, 7) is 3.99. The second kappa shape index (κ2) is 6.84. The second-order valence-corrected chi connectivity index (χ2v) is 6.83. The second-order valence-electron chi connectivity index (χ2n) is 6.83. The van der Waals surface area contributed by atoms with Crippen LogP contribution in [0.5, 0.6) is 17.2 Å². The molecular weight excluding hydrogens is 316 g/mol. The average Bonchev–Trinajstić information content (AvgIpc) is 3.27. The van der Waals surface area contributed by atoms with Crippen molar-refractivity contribution in [1.82, 2.24) is 4.90 Å². The highest BCUT2D eigenvalue weighted by Crippen LogP contribution is 2.38. The number of ether oxygens (including phenoxy) is 2. The van der Waals surface area contributed by atoms with Gasteiger partial charge in [0.2, 0.25) is 6.79 Å². The van der Waals surface area contributed by atoms with E-state index in [1.807, 2.05) is 6.07 Å². The van der Waals surface area contributed by atoms with Crippen molar-refractivity contribution in [3.8, 4) is 17.2 Å². The standard InChI is InChI=1S/C20H24N2O3/c1-21(13-16-10-19-20(11-18(16)23)25-14-24-19)12-15-6-2-3-7-17(15)22-8-4-5-9-22/h2-3,6-7,10-11,23H,4-5,8-9,12-14H2,1H3. The van der Waals surface area contributed by atoms with Crippen LogP contribution in [0.15, 0.2) is 36.4 Å². The molecule has 0 saturated carbocycles. The smallest absolute Gasteiger partial charge is 0.231 e. The molecule has 2 heterocycles. The Labute approximate surface area is 148 Å². The Hall–Kier alpha value is -2.40. The van der Waals surface area contributed by atoms with Gasteiger partial charge < -0.3 is 19.5 Å². The van der Waals surface area contributed by atoms with Gasteiger partial charge in [0.1, 0.15) is 5.75 Å². The molecule has 0 bridgehead atoms. The third kappa shape index (κ3) is 3.37. The van der Waals surface area contributed by atoms with E-state index in [1.54, 1.807) is 6.07 Å². The number of benzene rings is 2. The fourth-order valence-electron chi connectivity index (χ4n) is 3.65. The maximum absolute atomic E-state index is 10.2. The lowest BCUT2D eigenvalue weighted by Crippen LogP contribution is -2.23. The van der Waals surface area contributed by atoms with Crippen LogP contribution in [0.3, 0.4) is 0 Å². The Bertz CT molecular complexity index is 757. The summed E-state index contributed by atoms with van der Waals surface area (Å²) in [5.74, 6) is 1.57. The van der Waals surface area contributed by atoms with Crippen molar-refractivity contribution in [2.45, 2.75) is 25.9 Å². The number of phenols is 1. The molecule has 0 aliphatic carbocycles. The van der Waals surface area contributed by atoms with Crippen LogP contribution >= 0.6 is 0 Å². The third-order valence-electron chi connectivity index (χ3n) is 4.89. The predicted molar refractivity (Wildman–Crippen MR) is 97.3 cm³/mol. The summed E-state index contributed by atoms with van der Waals surface area (Å²) in [7, 11) is 2.07. The third-order valence-corrected chi connectivity index (χ3v) is 4.89. The van der Waals surface area contributed by atoms with Crippen LogP contribution in [-0.4, -0.2) is 36.9 Å². The quantitative estimate of drug-likeness (QED) is 0.904. The minimum absolute atomic E-state index is 0.220. The van der Waals surface area contributed by atoms with Gasteiger partial charge in [-0.2, -0.15) is 0 Å². The molecule has 2 aliphatic rings. The summed E-state index contributed by atoms with van der Waals surface area (Å²) in [4.78, 5) is 4.69. The summed E-state index contributed by atoms with van der Waals surface area (Å²) in [6.07, 6.45) is 2.55. The number of aromatic hydroxyl groups is 1. The fourth-order valence-corrected chi connectivity index (χ4v) is 3.65. The van der Waals surface area contributed by atoms with Gasteiger partial charge >= 0.3 is 0 Å². The Morgan fingerprint density at radius 3 is 2.48 bits per heavy atom. The summed E-state index contributed by atoms with van der Waals surface area (Å²) >= 11 is 0. The van der Waals surface area contributed by atoms with Gasteiger partial charge in [-0.3, -0.25) is 4.90 Å². The highest BCUT2D eigenvalue weighted by molar-refractivity contribution is 5.54. The molecule has 0 unspecified atom stereocenters. The fraction of sp³-hybridized carbons (Fsp3) is 0.400. The maximum atomic E-state index is 10.2. The number of rotatable bonds is 5. The number of para-hydroxylation sites is 1. The summed E-state index contributed by atoms with van der Waals surface area (Å²) in [5.41, 5.74) is 3.51. The van der Waals surface area contributed by atoms with E-state index in [1.165, 1.54) is 24.1 Å². The number of hydrogen-bond donors (Lipinski definition) is 1. The number of hydrogen-bond acceptors (Lipinski definition) is 5. The van der Waals surface area contributed by atoms with Gasteiger partial charge in [0, 0.05) is 43.5 Å².